The van der Waals surface area contributed by atoms with Crippen molar-refractivity contribution in [3.8, 4) is 5.75 Å². The van der Waals surface area contributed by atoms with E-state index in [1.165, 1.54) is 18.4 Å². The predicted molar refractivity (Wildman–Crippen MR) is 119 cm³/mol. The topological polar surface area (TPSA) is 44.8 Å². The van der Waals surface area contributed by atoms with E-state index in [2.05, 4.69) is 29.3 Å². The van der Waals surface area contributed by atoms with Crippen molar-refractivity contribution < 1.29 is 9.53 Å². The molecule has 5 nitrogen and oxygen atoms in total. The van der Waals surface area contributed by atoms with Gasteiger partial charge in [-0.15, -0.1) is 0 Å². The van der Waals surface area contributed by atoms with Crippen molar-refractivity contribution in [1.29, 1.82) is 0 Å². The Morgan fingerprint density at radius 1 is 1.10 bits per heavy atom. The molecule has 2 aromatic carbocycles. The van der Waals surface area contributed by atoms with Crippen molar-refractivity contribution >= 4 is 23.3 Å². The van der Waals surface area contributed by atoms with Gasteiger partial charge < -0.3 is 15.0 Å². The van der Waals surface area contributed by atoms with Crippen molar-refractivity contribution in [2.45, 2.75) is 32.7 Å². The number of amides is 2. The van der Waals surface area contributed by atoms with Crippen LogP contribution in [0.4, 0.5) is 10.5 Å². The lowest BCUT2D eigenvalue weighted by Crippen LogP contribution is -2.49. The van der Waals surface area contributed by atoms with Crippen LogP contribution in [-0.4, -0.2) is 49.1 Å². The van der Waals surface area contributed by atoms with E-state index in [0.29, 0.717) is 18.1 Å². The van der Waals surface area contributed by atoms with Gasteiger partial charge in [0.05, 0.1) is 7.11 Å². The number of methoxy groups -OCH3 is 1. The van der Waals surface area contributed by atoms with Crippen molar-refractivity contribution in [1.82, 2.24) is 9.80 Å². The highest BCUT2D eigenvalue weighted by Crippen LogP contribution is 2.24. The lowest BCUT2D eigenvalue weighted by Gasteiger charge is -2.35. The van der Waals surface area contributed by atoms with Crippen LogP contribution < -0.4 is 10.1 Å². The van der Waals surface area contributed by atoms with Gasteiger partial charge in [-0.05, 0) is 48.7 Å². The van der Waals surface area contributed by atoms with Crippen LogP contribution >= 0.6 is 11.6 Å². The molecule has 0 aliphatic carbocycles. The van der Waals surface area contributed by atoms with E-state index < -0.39 is 0 Å². The SMILES string of the molecule is CCCCc1ccc(NC(=O)N2CCN(Cc3cc(Cl)ccc3OC)CC2)cc1. The number of piperazine rings is 1. The van der Waals surface area contributed by atoms with Crippen LogP contribution in [-0.2, 0) is 13.0 Å². The molecular weight excluding hydrogens is 386 g/mol. The molecule has 2 aromatic rings. The fourth-order valence-electron chi connectivity index (χ4n) is 3.56. The van der Waals surface area contributed by atoms with E-state index in [1.54, 1.807) is 7.11 Å². The molecule has 156 valence electrons. The fourth-order valence-corrected chi connectivity index (χ4v) is 3.75. The number of urea groups is 1. The summed E-state index contributed by atoms with van der Waals surface area (Å²) >= 11 is 6.13. The zero-order valence-corrected chi connectivity index (χ0v) is 18.0. The molecule has 1 heterocycles. The number of unbranched alkanes of at least 4 members (excludes halogenated alkanes) is 1. The Balaban J connectivity index is 1.49. The molecule has 1 N–H and O–H groups in total. The molecule has 1 fully saturated rings. The number of nitrogens with one attached hydrogen (secondary N) is 1. The van der Waals surface area contributed by atoms with Crippen LogP contribution in [0.5, 0.6) is 5.75 Å². The average Bonchev–Trinajstić information content (AvgIpc) is 2.74. The van der Waals surface area contributed by atoms with Gasteiger partial charge in [0, 0.05) is 49.0 Å². The van der Waals surface area contributed by atoms with E-state index >= 15 is 0 Å². The standard InChI is InChI=1S/C23H30ClN3O2/c1-3-4-5-18-6-9-21(10-7-18)25-23(28)27-14-12-26(13-15-27)17-19-16-20(24)8-11-22(19)29-2/h6-11,16H,3-5,12-15,17H2,1-2H3,(H,25,28). The lowest BCUT2D eigenvalue weighted by molar-refractivity contribution is 0.142. The first-order chi connectivity index (χ1) is 14.1. The quantitative estimate of drug-likeness (QED) is 0.688. The Kier molecular flexibility index (Phi) is 7.78. The summed E-state index contributed by atoms with van der Waals surface area (Å²) < 4.78 is 5.44. The molecule has 6 heteroatoms. The van der Waals surface area contributed by atoms with E-state index in [-0.39, 0.29) is 6.03 Å². The zero-order chi connectivity index (χ0) is 20.6. The normalized spacial score (nSPS) is 14.7. The van der Waals surface area contributed by atoms with Gasteiger partial charge in [0.15, 0.2) is 0 Å². The van der Waals surface area contributed by atoms with Gasteiger partial charge >= 0.3 is 6.03 Å². The first-order valence-corrected chi connectivity index (χ1v) is 10.7. The molecule has 0 atom stereocenters. The minimum absolute atomic E-state index is 0.0358. The summed E-state index contributed by atoms with van der Waals surface area (Å²) in [5, 5.41) is 3.72. The number of carbonyl (C=O) groups is 1. The third-order valence-electron chi connectivity index (χ3n) is 5.32. The summed E-state index contributed by atoms with van der Waals surface area (Å²) in [6.07, 6.45) is 3.47. The maximum Gasteiger partial charge on any atom is 0.321 e. The van der Waals surface area contributed by atoms with Gasteiger partial charge in [-0.1, -0.05) is 37.1 Å². The number of carbonyl (C=O) groups excluding carboxylic acids is 1. The van der Waals surface area contributed by atoms with Crippen LogP contribution in [0.2, 0.25) is 5.02 Å². The molecule has 2 amide bonds. The van der Waals surface area contributed by atoms with Crippen LogP contribution in [0.1, 0.15) is 30.9 Å². The van der Waals surface area contributed by atoms with Crippen molar-refractivity contribution in [2.24, 2.45) is 0 Å². The molecule has 29 heavy (non-hydrogen) atoms. The second-order valence-corrected chi connectivity index (χ2v) is 7.89. The third kappa shape index (κ3) is 6.12. The Morgan fingerprint density at radius 2 is 1.83 bits per heavy atom. The monoisotopic (exact) mass is 415 g/mol. The van der Waals surface area contributed by atoms with Gasteiger partial charge in [-0.2, -0.15) is 0 Å². The van der Waals surface area contributed by atoms with Gasteiger partial charge in [0.2, 0.25) is 0 Å². The van der Waals surface area contributed by atoms with Crippen molar-refractivity contribution in [3.63, 3.8) is 0 Å². The highest BCUT2D eigenvalue weighted by Gasteiger charge is 2.22. The number of nitrogens with zero attached hydrogens (tertiary/aromatic N) is 2. The molecule has 1 aliphatic heterocycles. The summed E-state index contributed by atoms with van der Waals surface area (Å²) in [4.78, 5) is 16.8. The molecule has 0 bridgehead atoms. The molecule has 0 unspecified atom stereocenters. The largest absolute Gasteiger partial charge is 0.496 e. The summed E-state index contributed by atoms with van der Waals surface area (Å²) in [6, 6.07) is 13.8. The second-order valence-electron chi connectivity index (χ2n) is 7.45. The Morgan fingerprint density at radius 3 is 2.48 bits per heavy atom. The van der Waals surface area contributed by atoms with Gasteiger partial charge in [0.1, 0.15) is 5.75 Å². The summed E-state index contributed by atoms with van der Waals surface area (Å²) in [5.41, 5.74) is 3.23. The average molecular weight is 416 g/mol. The number of aryl methyl sites for hydroxylation is 1. The molecule has 0 spiro atoms. The summed E-state index contributed by atoms with van der Waals surface area (Å²) in [5.74, 6) is 0.844. The van der Waals surface area contributed by atoms with Crippen LogP contribution in [0, 0.1) is 0 Å². The molecular formula is C23H30ClN3O2. The summed E-state index contributed by atoms with van der Waals surface area (Å²) in [7, 11) is 1.67. The first-order valence-electron chi connectivity index (χ1n) is 10.3. The maximum atomic E-state index is 12.6. The number of ether oxygens (including phenoxy) is 1. The van der Waals surface area contributed by atoms with Crippen LogP contribution in [0.25, 0.3) is 0 Å². The number of halogens is 1. The number of rotatable bonds is 7. The smallest absolute Gasteiger partial charge is 0.321 e. The van der Waals surface area contributed by atoms with E-state index in [1.807, 2.05) is 35.2 Å². The lowest BCUT2D eigenvalue weighted by atomic mass is 10.1. The molecule has 1 saturated heterocycles. The van der Waals surface area contributed by atoms with Crippen LogP contribution in [0.15, 0.2) is 42.5 Å². The fraction of sp³-hybridized carbons (Fsp3) is 0.435. The minimum atomic E-state index is -0.0358. The van der Waals surface area contributed by atoms with Gasteiger partial charge in [-0.3, -0.25) is 4.90 Å². The maximum absolute atomic E-state index is 12.6. The number of benzene rings is 2. The van der Waals surface area contributed by atoms with E-state index in [0.717, 1.165) is 43.1 Å². The number of anilines is 1. The Bertz CT molecular complexity index is 802. The Hall–Kier alpha value is -2.24. The Labute approximate surface area is 178 Å². The summed E-state index contributed by atoms with van der Waals surface area (Å²) in [6.45, 7) is 5.99. The molecule has 0 saturated carbocycles. The van der Waals surface area contributed by atoms with E-state index in [4.69, 9.17) is 16.3 Å². The third-order valence-corrected chi connectivity index (χ3v) is 5.56. The number of hydrogen-bond donors (Lipinski definition) is 1. The molecule has 0 radical (unpaired) electrons. The minimum Gasteiger partial charge on any atom is -0.496 e. The van der Waals surface area contributed by atoms with Crippen molar-refractivity contribution in [3.05, 3.63) is 58.6 Å². The van der Waals surface area contributed by atoms with Gasteiger partial charge in [0.25, 0.3) is 0 Å². The van der Waals surface area contributed by atoms with E-state index in [9.17, 15) is 4.79 Å². The molecule has 0 aromatic heterocycles. The first kappa shape index (κ1) is 21.5. The number of hydrogen-bond acceptors (Lipinski definition) is 3. The second kappa shape index (κ2) is 10.5. The van der Waals surface area contributed by atoms with Crippen LogP contribution in [0.3, 0.4) is 0 Å². The van der Waals surface area contributed by atoms with Crippen molar-refractivity contribution in [2.75, 3.05) is 38.6 Å². The highest BCUT2D eigenvalue weighted by molar-refractivity contribution is 6.30. The predicted octanol–water partition coefficient (Wildman–Crippen LogP) is 5.04. The molecule has 1 aliphatic rings. The van der Waals surface area contributed by atoms with Gasteiger partial charge in [-0.25, -0.2) is 4.79 Å². The highest BCUT2D eigenvalue weighted by atomic mass is 35.5. The zero-order valence-electron chi connectivity index (χ0n) is 17.3. The molecule has 3 rings (SSSR count).